The van der Waals surface area contributed by atoms with Crippen LogP contribution in [-0.4, -0.2) is 21.1 Å². The number of benzene rings is 3. The van der Waals surface area contributed by atoms with Crippen LogP contribution in [-0.2, 0) is 11.1 Å². The Kier molecular flexibility index (Phi) is 5.17. The van der Waals surface area contributed by atoms with Gasteiger partial charge in [-0.05, 0) is 53.5 Å². The summed E-state index contributed by atoms with van der Waals surface area (Å²) >= 11 is 1.49. The molecule has 2 unspecified atom stereocenters. The molecule has 1 aliphatic heterocycles. The minimum Gasteiger partial charge on any atom is -0.345 e. The highest BCUT2D eigenvalue weighted by molar-refractivity contribution is 7.69. The van der Waals surface area contributed by atoms with Crippen LogP contribution in [0, 0.1) is 0 Å². The van der Waals surface area contributed by atoms with Crippen LogP contribution in [0.2, 0.25) is 0 Å². The minimum absolute atomic E-state index is 0.182. The SMILES string of the molecule is CCC1NC(=S=Nc2ccccc2)N(c2ccc3[nH]cnc3c2)C1c1ccccc1. The molecule has 0 bridgehead atoms. The Morgan fingerprint density at radius 3 is 2.53 bits per heavy atom. The van der Waals surface area contributed by atoms with E-state index in [0.29, 0.717) is 0 Å². The fourth-order valence-corrected chi connectivity index (χ4v) is 4.80. The smallest absolute Gasteiger partial charge is 0.161 e. The Labute approximate surface area is 179 Å². The van der Waals surface area contributed by atoms with Crippen molar-refractivity contribution in [3.63, 3.8) is 0 Å². The summed E-state index contributed by atoms with van der Waals surface area (Å²) in [5.41, 5.74) is 5.35. The van der Waals surface area contributed by atoms with Crippen LogP contribution >= 0.6 is 0 Å². The van der Waals surface area contributed by atoms with E-state index in [1.54, 1.807) is 6.33 Å². The van der Waals surface area contributed by atoms with Gasteiger partial charge in [0.15, 0.2) is 5.11 Å². The van der Waals surface area contributed by atoms with Crippen LogP contribution in [0.25, 0.3) is 11.0 Å². The summed E-state index contributed by atoms with van der Waals surface area (Å²) in [6, 6.07) is 27.6. The number of anilines is 1. The van der Waals surface area contributed by atoms with Gasteiger partial charge in [0.2, 0.25) is 0 Å². The summed E-state index contributed by atoms with van der Waals surface area (Å²) in [6.07, 6.45) is 2.75. The number of fused-ring (bicyclic) bond motifs is 1. The number of nitrogens with one attached hydrogen (secondary N) is 2. The molecule has 3 aromatic carbocycles. The molecular formula is C24H23N5S. The molecule has 150 valence electrons. The molecule has 6 heteroatoms. The molecule has 2 N–H and O–H groups in total. The molecule has 5 nitrogen and oxygen atoms in total. The fraction of sp³-hybridized carbons (Fsp3) is 0.167. The second kappa shape index (κ2) is 8.26. The third kappa shape index (κ3) is 3.56. The third-order valence-electron chi connectivity index (χ3n) is 5.44. The first-order chi connectivity index (χ1) is 14.8. The van der Waals surface area contributed by atoms with E-state index in [1.165, 1.54) is 16.7 Å². The quantitative estimate of drug-likeness (QED) is 0.453. The summed E-state index contributed by atoms with van der Waals surface area (Å²) in [5.74, 6) is 0. The van der Waals surface area contributed by atoms with Crippen molar-refractivity contribution >= 4 is 38.7 Å². The van der Waals surface area contributed by atoms with E-state index in [4.69, 9.17) is 4.36 Å². The average molecular weight is 414 g/mol. The van der Waals surface area contributed by atoms with Gasteiger partial charge in [0.25, 0.3) is 0 Å². The molecule has 0 radical (unpaired) electrons. The maximum Gasteiger partial charge on any atom is 0.161 e. The molecule has 0 aliphatic carbocycles. The zero-order valence-corrected chi connectivity index (χ0v) is 17.5. The molecule has 1 fully saturated rings. The fourth-order valence-electron chi connectivity index (χ4n) is 3.97. The largest absolute Gasteiger partial charge is 0.345 e. The van der Waals surface area contributed by atoms with Crippen molar-refractivity contribution in [1.82, 2.24) is 15.3 Å². The van der Waals surface area contributed by atoms with Crippen LogP contribution in [0.15, 0.2) is 89.6 Å². The van der Waals surface area contributed by atoms with E-state index >= 15 is 0 Å². The Morgan fingerprint density at radius 1 is 1.00 bits per heavy atom. The summed E-state index contributed by atoms with van der Waals surface area (Å²) in [5, 5.41) is 4.77. The highest BCUT2D eigenvalue weighted by atomic mass is 32.1. The third-order valence-corrected chi connectivity index (χ3v) is 6.23. The predicted octanol–water partition coefficient (Wildman–Crippen LogP) is 5.18. The summed E-state index contributed by atoms with van der Waals surface area (Å²) < 4.78 is 4.77. The van der Waals surface area contributed by atoms with Crippen LogP contribution < -0.4 is 10.2 Å². The second-order valence-corrected chi connectivity index (χ2v) is 8.06. The van der Waals surface area contributed by atoms with Gasteiger partial charge in [-0.2, -0.15) is 4.36 Å². The van der Waals surface area contributed by atoms with Gasteiger partial charge in [-0.1, -0.05) is 55.5 Å². The number of hydrogen-bond acceptors (Lipinski definition) is 2. The van der Waals surface area contributed by atoms with E-state index in [-0.39, 0.29) is 12.1 Å². The van der Waals surface area contributed by atoms with Crippen LogP contribution in [0.3, 0.4) is 0 Å². The number of rotatable bonds is 4. The van der Waals surface area contributed by atoms with Gasteiger partial charge in [0, 0.05) is 11.7 Å². The lowest BCUT2D eigenvalue weighted by Crippen LogP contribution is -2.31. The van der Waals surface area contributed by atoms with Crippen molar-refractivity contribution in [2.75, 3.05) is 4.90 Å². The van der Waals surface area contributed by atoms with Crippen LogP contribution in [0.5, 0.6) is 0 Å². The Hall–Kier alpha value is -3.22. The Bertz CT molecular complexity index is 1210. The van der Waals surface area contributed by atoms with E-state index in [2.05, 4.69) is 75.6 Å². The molecule has 1 aromatic heterocycles. The first-order valence-electron chi connectivity index (χ1n) is 10.2. The second-order valence-electron chi connectivity index (χ2n) is 7.31. The van der Waals surface area contributed by atoms with Gasteiger partial charge in [0.1, 0.15) is 0 Å². The summed E-state index contributed by atoms with van der Waals surface area (Å²) in [7, 11) is 0. The van der Waals surface area contributed by atoms with Crippen molar-refractivity contribution in [2.24, 2.45) is 4.36 Å². The van der Waals surface area contributed by atoms with E-state index < -0.39 is 0 Å². The van der Waals surface area contributed by atoms with Crippen LogP contribution in [0.1, 0.15) is 24.9 Å². The lowest BCUT2D eigenvalue weighted by atomic mass is 9.97. The predicted molar refractivity (Wildman–Crippen MR) is 126 cm³/mol. The molecule has 0 amide bonds. The van der Waals surface area contributed by atoms with Gasteiger partial charge in [-0.25, -0.2) is 4.98 Å². The summed E-state index contributed by atoms with van der Waals surface area (Å²) in [4.78, 5) is 10.0. The lowest BCUT2D eigenvalue weighted by molar-refractivity contribution is 0.538. The van der Waals surface area contributed by atoms with E-state index in [1.807, 2.05) is 30.3 Å². The minimum atomic E-state index is 0.182. The van der Waals surface area contributed by atoms with Crippen molar-refractivity contribution in [2.45, 2.75) is 25.4 Å². The summed E-state index contributed by atoms with van der Waals surface area (Å²) in [6.45, 7) is 2.23. The Morgan fingerprint density at radius 2 is 1.77 bits per heavy atom. The molecule has 0 spiro atoms. The molecule has 2 atom stereocenters. The number of H-pyrrole nitrogens is 1. The Balaban J connectivity index is 1.66. The van der Waals surface area contributed by atoms with Crippen molar-refractivity contribution < 1.29 is 0 Å². The normalized spacial score (nSPS) is 18.7. The number of nitrogens with zero attached hydrogens (tertiary/aromatic N) is 3. The number of hydrogen-bond donors (Lipinski definition) is 2. The number of aromatic nitrogens is 2. The van der Waals surface area contributed by atoms with Crippen molar-refractivity contribution in [3.05, 3.63) is 90.8 Å². The molecule has 2 heterocycles. The van der Waals surface area contributed by atoms with Gasteiger partial charge >= 0.3 is 0 Å². The topological polar surface area (TPSA) is 56.3 Å². The van der Waals surface area contributed by atoms with E-state index in [9.17, 15) is 0 Å². The standard InChI is InChI=1S/C24H23N5S/c1-2-20-23(17-9-5-3-6-10-17)29(19-13-14-21-22(15-19)26-16-25-21)24(27-20)30-28-18-11-7-4-8-12-18/h3-16,20,23,27H,2H2,1H3,(H,25,26). The van der Waals surface area contributed by atoms with Gasteiger partial charge < -0.3 is 9.88 Å². The first kappa shape index (κ1) is 18.8. The molecule has 30 heavy (non-hydrogen) atoms. The van der Waals surface area contributed by atoms with Crippen LogP contribution in [0.4, 0.5) is 11.4 Å². The van der Waals surface area contributed by atoms with Gasteiger partial charge in [0.05, 0.1) is 29.1 Å². The molecule has 5 rings (SSSR count). The molecule has 4 aromatic rings. The lowest BCUT2D eigenvalue weighted by Gasteiger charge is -2.28. The molecule has 1 aliphatic rings. The maximum absolute atomic E-state index is 4.77. The highest BCUT2D eigenvalue weighted by Crippen LogP contribution is 2.36. The van der Waals surface area contributed by atoms with Crippen molar-refractivity contribution in [3.8, 4) is 0 Å². The maximum atomic E-state index is 4.77. The monoisotopic (exact) mass is 413 g/mol. The number of imidazole rings is 1. The zero-order valence-electron chi connectivity index (χ0n) is 16.7. The van der Waals surface area contributed by atoms with Gasteiger partial charge in [-0.15, -0.1) is 0 Å². The molecule has 0 saturated carbocycles. The number of aromatic amines is 1. The van der Waals surface area contributed by atoms with Gasteiger partial charge in [-0.3, -0.25) is 5.32 Å². The highest BCUT2D eigenvalue weighted by Gasteiger charge is 2.38. The molecular weight excluding hydrogens is 390 g/mol. The first-order valence-corrected chi connectivity index (χ1v) is 10.9. The van der Waals surface area contributed by atoms with Crippen molar-refractivity contribution in [1.29, 1.82) is 0 Å². The van der Waals surface area contributed by atoms with E-state index in [0.717, 1.165) is 33.9 Å². The molecule has 1 saturated heterocycles. The average Bonchev–Trinajstić information content (AvgIpc) is 3.42. The zero-order chi connectivity index (χ0) is 20.3.